The van der Waals surface area contributed by atoms with Gasteiger partial charge in [0.25, 0.3) is 5.91 Å². The van der Waals surface area contributed by atoms with Crippen molar-refractivity contribution in [2.45, 2.75) is 38.5 Å². The summed E-state index contributed by atoms with van der Waals surface area (Å²) in [6.07, 6.45) is 6.03. The number of amides is 2. The molecule has 0 spiro atoms. The molecule has 1 aliphatic heterocycles. The van der Waals surface area contributed by atoms with Gasteiger partial charge in [0.2, 0.25) is 5.91 Å². The van der Waals surface area contributed by atoms with Gasteiger partial charge in [0.1, 0.15) is 0 Å². The molecule has 0 saturated carbocycles. The van der Waals surface area contributed by atoms with E-state index in [9.17, 15) is 9.59 Å². The van der Waals surface area contributed by atoms with Crippen LogP contribution in [0.15, 0.2) is 42.5 Å². The highest BCUT2D eigenvalue weighted by atomic mass is 16.2. The number of carbonyl (C=O) groups excluding carboxylic acids is 2. The first kappa shape index (κ1) is 15.9. The van der Waals surface area contributed by atoms with E-state index in [2.05, 4.69) is 11.4 Å². The normalized spacial score (nSPS) is 16.6. The number of fused-ring (bicyclic) bond motifs is 1. The Hall–Kier alpha value is -2.62. The van der Waals surface area contributed by atoms with Crippen molar-refractivity contribution in [3.05, 3.63) is 59.2 Å². The first-order valence-electron chi connectivity index (χ1n) is 9.05. The molecule has 2 aromatic carbocycles. The second-order valence-electron chi connectivity index (χ2n) is 6.81. The maximum absolute atomic E-state index is 12.7. The Balaban J connectivity index is 1.58. The average Bonchev–Trinajstić information content (AvgIpc) is 3.07. The van der Waals surface area contributed by atoms with E-state index in [-0.39, 0.29) is 11.8 Å². The molecule has 128 valence electrons. The predicted molar refractivity (Wildman–Crippen MR) is 99.1 cm³/mol. The first-order valence-corrected chi connectivity index (χ1v) is 9.05. The number of aryl methyl sites for hydroxylation is 2. The van der Waals surface area contributed by atoms with Crippen molar-refractivity contribution in [3.8, 4) is 0 Å². The molecular weight excluding hydrogens is 312 g/mol. The van der Waals surface area contributed by atoms with Crippen LogP contribution in [0.2, 0.25) is 0 Å². The van der Waals surface area contributed by atoms with Crippen molar-refractivity contribution in [2.24, 2.45) is 0 Å². The summed E-state index contributed by atoms with van der Waals surface area (Å²) in [5.41, 5.74) is 4.83. The lowest BCUT2D eigenvalue weighted by molar-refractivity contribution is -0.117. The summed E-state index contributed by atoms with van der Waals surface area (Å²) >= 11 is 0. The smallest absolute Gasteiger partial charge is 0.255 e. The average molecular weight is 334 g/mol. The Bertz CT molecular complexity index is 828. The van der Waals surface area contributed by atoms with Crippen LogP contribution in [0.3, 0.4) is 0 Å². The van der Waals surface area contributed by atoms with Gasteiger partial charge in [-0.05, 0) is 67.5 Å². The minimum atomic E-state index is -0.118. The van der Waals surface area contributed by atoms with Crippen LogP contribution in [0.4, 0.5) is 11.4 Å². The lowest BCUT2D eigenvalue weighted by atomic mass is 9.90. The highest BCUT2D eigenvalue weighted by molar-refractivity contribution is 6.08. The lowest BCUT2D eigenvalue weighted by Crippen LogP contribution is -2.25. The number of nitrogens with zero attached hydrogens (tertiary/aromatic N) is 1. The van der Waals surface area contributed by atoms with Crippen LogP contribution in [0.5, 0.6) is 0 Å². The molecule has 1 N–H and O–H groups in total. The molecular formula is C21H22N2O2. The van der Waals surface area contributed by atoms with Gasteiger partial charge in [-0.25, -0.2) is 0 Å². The van der Waals surface area contributed by atoms with Crippen LogP contribution in [0.1, 0.15) is 47.2 Å². The molecule has 4 rings (SSSR count). The SMILES string of the molecule is O=C(Nc1ccccc1N1CCCC1=O)c1ccc2c(c1)CCCC2. The summed E-state index contributed by atoms with van der Waals surface area (Å²) in [5.74, 6) is 0.00273. The number of carbonyl (C=O) groups is 2. The summed E-state index contributed by atoms with van der Waals surface area (Å²) in [7, 11) is 0. The third-order valence-corrected chi connectivity index (χ3v) is 5.13. The summed E-state index contributed by atoms with van der Waals surface area (Å²) in [5, 5.41) is 3.00. The van der Waals surface area contributed by atoms with Crippen LogP contribution in [-0.4, -0.2) is 18.4 Å². The third kappa shape index (κ3) is 3.16. The van der Waals surface area contributed by atoms with Crippen LogP contribution in [0, 0.1) is 0 Å². The number of hydrogen-bond donors (Lipinski definition) is 1. The first-order chi connectivity index (χ1) is 12.2. The van der Waals surface area contributed by atoms with Crippen LogP contribution >= 0.6 is 0 Å². The molecule has 25 heavy (non-hydrogen) atoms. The van der Waals surface area contributed by atoms with Gasteiger partial charge >= 0.3 is 0 Å². The van der Waals surface area contributed by atoms with E-state index in [0.29, 0.717) is 24.2 Å². The summed E-state index contributed by atoms with van der Waals surface area (Å²) < 4.78 is 0. The minimum Gasteiger partial charge on any atom is -0.320 e. The van der Waals surface area contributed by atoms with Crippen LogP contribution in [0.25, 0.3) is 0 Å². The second kappa shape index (κ2) is 6.71. The third-order valence-electron chi connectivity index (χ3n) is 5.13. The zero-order valence-corrected chi connectivity index (χ0v) is 14.3. The Kier molecular flexibility index (Phi) is 4.26. The van der Waals surface area contributed by atoms with E-state index in [0.717, 1.165) is 24.9 Å². The van der Waals surface area contributed by atoms with Crippen LogP contribution < -0.4 is 10.2 Å². The Morgan fingerprint density at radius 2 is 1.72 bits per heavy atom. The van der Waals surface area contributed by atoms with Gasteiger partial charge in [0.05, 0.1) is 11.4 Å². The fraction of sp³-hybridized carbons (Fsp3) is 0.333. The van der Waals surface area contributed by atoms with Gasteiger partial charge in [0, 0.05) is 18.5 Å². The minimum absolute atomic E-state index is 0.118. The lowest BCUT2D eigenvalue weighted by Gasteiger charge is -2.20. The van der Waals surface area contributed by atoms with Gasteiger partial charge in [0.15, 0.2) is 0 Å². The van der Waals surface area contributed by atoms with Crippen molar-refractivity contribution in [2.75, 3.05) is 16.8 Å². The van der Waals surface area contributed by atoms with Gasteiger partial charge < -0.3 is 10.2 Å². The largest absolute Gasteiger partial charge is 0.320 e. The van der Waals surface area contributed by atoms with Crippen molar-refractivity contribution >= 4 is 23.2 Å². The summed E-state index contributed by atoms with van der Waals surface area (Å²) in [6.45, 7) is 0.713. The second-order valence-corrected chi connectivity index (χ2v) is 6.81. The monoisotopic (exact) mass is 334 g/mol. The molecule has 0 aromatic heterocycles. The molecule has 1 aliphatic carbocycles. The molecule has 1 saturated heterocycles. The molecule has 2 amide bonds. The van der Waals surface area contributed by atoms with E-state index < -0.39 is 0 Å². The van der Waals surface area contributed by atoms with E-state index in [4.69, 9.17) is 0 Å². The Morgan fingerprint density at radius 3 is 2.52 bits per heavy atom. The van der Waals surface area contributed by atoms with Crippen molar-refractivity contribution in [1.82, 2.24) is 0 Å². The maximum Gasteiger partial charge on any atom is 0.255 e. The van der Waals surface area contributed by atoms with Crippen molar-refractivity contribution in [3.63, 3.8) is 0 Å². The molecule has 1 fully saturated rings. The fourth-order valence-electron chi connectivity index (χ4n) is 3.79. The fourth-order valence-corrected chi connectivity index (χ4v) is 3.79. The highest BCUT2D eigenvalue weighted by Gasteiger charge is 2.24. The highest BCUT2D eigenvalue weighted by Crippen LogP contribution is 2.30. The number of benzene rings is 2. The molecule has 0 unspecified atom stereocenters. The number of anilines is 2. The number of rotatable bonds is 3. The zero-order chi connectivity index (χ0) is 17.2. The maximum atomic E-state index is 12.7. The van der Waals surface area contributed by atoms with Crippen LogP contribution in [-0.2, 0) is 17.6 Å². The Morgan fingerprint density at radius 1 is 0.920 bits per heavy atom. The molecule has 0 radical (unpaired) electrons. The Labute approximate surface area is 147 Å². The van der Waals surface area contributed by atoms with E-state index in [1.165, 1.54) is 24.0 Å². The molecule has 2 aromatic rings. The number of nitrogens with one attached hydrogen (secondary N) is 1. The summed E-state index contributed by atoms with van der Waals surface area (Å²) in [4.78, 5) is 26.6. The molecule has 1 heterocycles. The van der Waals surface area contributed by atoms with Gasteiger partial charge in [-0.3, -0.25) is 9.59 Å². The van der Waals surface area contributed by atoms with E-state index >= 15 is 0 Å². The molecule has 2 aliphatic rings. The molecule has 0 atom stereocenters. The number of para-hydroxylation sites is 2. The van der Waals surface area contributed by atoms with E-state index in [1.54, 1.807) is 4.90 Å². The van der Waals surface area contributed by atoms with Crippen molar-refractivity contribution < 1.29 is 9.59 Å². The molecule has 4 heteroatoms. The van der Waals surface area contributed by atoms with Gasteiger partial charge in [-0.15, -0.1) is 0 Å². The molecule has 0 bridgehead atoms. The van der Waals surface area contributed by atoms with Crippen molar-refractivity contribution in [1.29, 1.82) is 0 Å². The number of hydrogen-bond acceptors (Lipinski definition) is 2. The predicted octanol–water partition coefficient (Wildman–Crippen LogP) is 3.94. The topological polar surface area (TPSA) is 49.4 Å². The standard InChI is InChI=1S/C21H22N2O2/c24-20-10-5-13-23(20)19-9-4-3-8-18(19)22-21(25)17-12-11-15-6-1-2-7-16(15)14-17/h3-4,8-9,11-12,14H,1-2,5-7,10,13H2,(H,22,25). The summed E-state index contributed by atoms with van der Waals surface area (Å²) in [6, 6.07) is 13.5. The van der Waals surface area contributed by atoms with Gasteiger partial charge in [-0.2, -0.15) is 0 Å². The molecule has 4 nitrogen and oxygen atoms in total. The zero-order valence-electron chi connectivity index (χ0n) is 14.3. The van der Waals surface area contributed by atoms with Gasteiger partial charge in [-0.1, -0.05) is 18.2 Å². The van der Waals surface area contributed by atoms with E-state index in [1.807, 2.05) is 36.4 Å². The quantitative estimate of drug-likeness (QED) is 0.924.